The number of amides is 1. The molecule has 32 heavy (non-hydrogen) atoms. The molecule has 0 unspecified atom stereocenters. The Labute approximate surface area is 193 Å². The van der Waals surface area contributed by atoms with E-state index in [1.807, 2.05) is 6.07 Å². The zero-order valence-electron chi connectivity index (χ0n) is 16.8. The number of carbonyl (C=O) groups is 1. The lowest BCUT2D eigenvalue weighted by Gasteiger charge is -2.11. The molecule has 0 spiro atoms. The molecule has 1 heterocycles. The molecule has 3 rings (SSSR count). The molecule has 0 bridgehead atoms. The van der Waals surface area contributed by atoms with Crippen LogP contribution in [-0.2, 0) is 14.9 Å². The van der Waals surface area contributed by atoms with E-state index in [-0.39, 0.29) is 27.1 Å². The maximum Gasteiger partial charge on any atom is 0.339 e. The van der Waals surface area contributed by atoms with Crippen molar-refractivity contribution in [3.05, 3.63) is 59.7 Å². The molecule has 164 valence electrons. The molecule has 0 saturated carbocycles. The third-order valence-corrected chi connectivity index (χ3v) is 6.45. The molecule has 0 aliphatic carbocycles. The van der Waals surface area contributed by atoms with E-state index in [0.29, 0.717) is 10.7 Å². The SMILES string of the molecule is COc1cc(/C=C(/C#N)C(=O)Nc2nc(SC)ns2)ccc1OS(=O)(=O)c1ccccc1. The minimum atomic E-state index is -4.06. The number of ether oxygens (including phenoxy) is 1. The first-order chi connectivity index (χ1) is 15.4. The van der Waals surface area contributed by atoms with Crippen LogP contribution in [-0.4, -0.2) is 37.0 Å². The average Bonchev–Trinajstić information content (AvgIpc) is 3.26. The summed E-state index contributed by atoms with van der Waals surface area (Å²) in [5, 5.41) is 12.7. The van der Waals surface area contributed by atoms with E-state index in [0.717, 1.165) is 11.5 Å². The van der Waals surface area contributed by atoms with Gasteiger partial charge in [0.25, 0.3) is 5.91 Å². The number of nitrogens with one attached hydrogen (secondary N) is 1. The van der Waals surface area contributed by atoms with E-state index in [1.54, 1.807) is 24.5 Å². The molecule has 1 N–H and O–H groups in total. The van der Waals surface area contributed by atoms with Crippen LogP contribution < -0.4 is 14.2 Å². The van der Waals surface area contributed by atoms with E-state index in [2.05, 4.69) is 14.7 Å². The van der Waals surface area contributed by atoms with Gasteiger partial charge in [-0.2, -0.15) is 23.0 Å². The molecule has 2 aromatic carbocycles. The third kappa shape index (κ3) is 5.64. The summed E-state index contributed by atoms with van der Waals surface area (Å²) in [5.74, 6) is -0.568. The first-order valence-electron chi connectivity index (χ1n) is 8.84. The smallest absolute Gasteiger partial charge is 0.339 e. The molecule has 0 aliphatic heterocycles. The molecular formula is C20H16N4O5S3. The minimum Gasteiger partial charge on any atom is -0.493 e. The molecule has 0 atom stereocenters. The number of nitriles is 1. The second-order valence-corrected chi connectivity index (χ2v) is 9.04. The molecule has 0 saturated heterocycles. The summed E-state index contributed by atoms with van der Waals surface area (Å²) in [6, 6.07) is 13.9. The average molecular weight is 489 g/mol. The van der Waals surface area contributed by atoms with Crippen LogP contribution in [0.5, 0.6) is 11.5 Å². The fourth-order valence-electron chi connectivity index (χ4n) is 2.42. The van der Waals surface area contributed by atoms with Gasteiger partial charge in [-0.15, -0.1) is 0 Å². The predicted molar refractivity (Wildman–Crippen MR) is 121 cm³/mol. The van der Waals surface area contributed by atoms with Gasteiger partial charge in [-0.05, 0) is 42.2 Å². The van der Waals surface area contributed by atoms with E-state index < -0.39 is 16.0 Å². The van der Waals surface area contributed by atoms with Crippen molar-refractivity contribution in [2.45, 2.75) is 10.1 Å². The largest absolute Gasteiger partial charge is 0.493 e. The highest BCUT2D eigenvalue weighted by atomic mass is 32.2. The van der Waals surface area contributed by atoms with Crippen molar-refractivity contribution < 1.29 is 22.1 Å². The molecule has 0 radical (unpaired) electrons. The lowest BCUT2D eigenvalue weighted by atomic mass is 10.1. The lowest BCUT2D eigenvalue weighted by molar-refractivity contribution is -0.112. The summed E-state index contributed by atoms with van der Waals surface area (Å²) >= 11 is 2.33. The Hall–Kier alpha value is -3.40. The first-order valence-corrected chi connectivity index (χ1v) is 12.3. The maximum absolute atomic E-state index is 12.5. The minimum absolute atomic E-state index is 0.00392. The normalized spacial score (nSPS) is 11.5. The van der Waals surface area contributed by atoms with Crippen LogP contribution in [0.15, 0.2) is 64.2 Å². The Morgan fingerprint density at radius 1 is 1.22 bits per heavy atom. The topological polar surface area (TPSA) is 131 Å². The molecule has 12 heteroatoms. The van der Waals surface area contributed by atoms with Crippen LogP contribution >= 0.6 is 23.3 Å². The van der Waals surface area contributed by atoms with Crippen LogP contribution in [0.4, 0.5) is 5.13 Å². The number of anilines is 1. The summed E-state index contributed by atoms with van der Waals surface area (Å²) in [4.78, 5) is 16.5. The number of rotatable bonds is 8. The Balaban J connectivity index is 1.83. The van der Waals surface area contributed by atoms with E-state index >= 15 is 0 Å². The molecular weight excluding hydrogens is 472 g/mol. The van der Waals surface area contributed by atoms with Gasteiger partial charge in [0.05, 0.1) is 7.11 Å². The highest BCUT2D eigenvalue weighted by Gasteiger charge is 2.19. The fourth-order valence-corrected chi connectivity index (χ4v) is 4.50. The van der Waals surface area contributed by atoms with Gasteiger partial charge in [-0.3, -0.25) is 10.1 Å². The van der Waals surface area contributed by atoms with Crippen LogP contribution in [0.1, 0.15) is 5.56 Å². The van der Waals surface area contributed by atoms with Crippen LogP contribution in [0.25, 0.3) is 6.08 Å². The number of methoxy groups -OCH3 is 1. The molecule has 3 aromatic rings. The van der Waals surface area contributed by atoms with Crippen molar-refractivity contribution in [3.63, 3.8) is 0 Å². The Bertz CT molecular complexity index is 1300. The Morgan fingerprint density at radius 3 is 2.59 bits per heavy atom. The van der Waals surface area contributed by atoms with Crippen molar-refractivity contribution in [2.75, 3.05) is 18.7 Å². The van der Waals surface area contributed by atoms with Crippen LogP contribution in [0, 0.1) is 11.3 Å². The molecule has 0 fully saturated rings. The van der Waals surface area contributed by atoms with Gasteiger partial charge in [-0.1, -0.05) is 36.0 Å². The van der Waals surface area contributed by atoms with Gasteiger partial charge in [0, 0.05) is 11.5 Å². The molecule has 9 nitrogen and oxygen atoms in total. The predicted octanol–water partition coefficient (Wildman–Crippen LogP) is 3.58. The Morgan fingerprint density at radius 2 is 1.97 bits per heavy atom. The number of nitrogens with zero attached hydrogens (tertiary/aromatic N) is 3. The quantitative estimate of drug-likeness (QED) is 0.219. The van der Waals surface area contributed by atoms with Crippen LogP contribution in [0.3, 0.4) is 0 Å². The summed E-state index contributed by atoms with van der Waals surface area (Å²) < 4.78 is 39.4. The summed E-state index contributed by atoms with van der Waals surface area (Å²) in [7, 11) is -2.71. The molecule has 1 amide bonds. The van der Waals surface area contributed by atoms with Gasteiger partial charge >= 0.3 is 10.1 Å². The number of thioether (sulfide) groups is 1. The van der Waals surface area contributed by atoms with Gasteiger partial charge < -0.3 is 8.92 Å². The second-order valence-electron chi connectivity index (χ2n) is 5.97. The van der Waals surface area contributed by atoms with Gasteiger partial charge in [0.15, 0.2) is 11.5 Å². The molecule has 0 aliphatic rings. The zero-order chi connectivity index (χ0) is 23.1. The van der Waals surface area contributed by atoms with E-state index in [4.69, 9.17) is 8.92 Å². The Kier molecular flexibility index (Phi) is 7.47. The van der Waals surface area contributed by atoms with Crippen molar-refractivity contribution in [1.82, 2.24) is 9.36 Å². The lowest BCUT2D eigenvalue weighted by Crippen LogP contribution is -2.13. The van der Waals surface area contributed by atoms with Gasteiger partial charge in [0.2, 0.25) is 10.3 Å². The summed E-state index contributed by atoms with van der Waals surface area (Å²) in [6.45, 7) is 0. The van der Waals surface area contributed by atoms with E-state index in [9.17, 15) is 18.5 Å². The van der Waals surface area contributed by atoms with Crippen molar-refractivity contribution >= 4 is 50.5 Å². The number of hydrogen-bond donors (Lipinski definition) is 1. The first kappa shape index (κ1) is 23.3. The number of carbonyl (C=O) groups excluding carboxylic acids is 1. The number of benzene rings is 2. The standard InChI is InChI=1S/C20H16N4O5S3/c1-28-17-11-13(8-9-16(17)29-32(26,27)15-6-4-3-5-7-15)10-14(12-21)18(25)22-19-23-20(30-2)24-31-19/h3-11H,1-2H3,(H,22,23,24,25)/b14-10-. The van der Waals surface area contributed by atoms with E-state index in [1.165, 1.54) is 55.3 Å². The van der Waals surface area contributed by atoms with Gasteiger partial charge in [-0.25, -0.2) is 0 Å². The maximum atomic E-state index is 12.5. The zero-order valence-corrected chi connectivity index (χ0v) is 19.3. The summed E-state index contributed by atoms with van der Waals surface area (Å²) in [6.07, 6.45) is 3.14. The highest BCUT2D eigenvalue weighted by molar-refractivity contribution is 7.98. The second kappa shape index (κ2) is 10.3. The fraction of sp³-hybridized carbons (Fsp3) is 0.100. The van der Waals surface area contributed by atoms with Crippen molar-refractivity contribution in [1.29, 1.82) is 5.26 Å². The summed E-state index contributed by atoms with van der Waals surface area (Å²) in [5.41, 5.74) is 0.249. The van der Waals surface area contributed by atoms with Crippen molar-refractivity contribution in [3.8, 4) is 17.6 Å². The number of aromatic nitrogens is 2. The van der Waals surface area contributed by atoms with Crippen molar-refractivity contribution in [2.24, 2.45) is 0 Å². The molecule has 1 aromatic heterocycles. The monoisotopic (exact) mass is 488 g/mol. The third-order valence-electron chi connectivity index (χ3n) is 3.91. The van der Waals surface area contributed by atoms with Gasteiger partial charge in [0.1, 0.15) is 16.5 Å². The highest BCUT2D eigenvalue weighted by Crippen LogP contribution is 2.31. The van der Waals surface area contributed by atoms with Crippen LogP contribution in [0.2, 0.25) is 0 Å². The number of hydrogen-bond acceptors (Lipinski definition) is 10.